The van der Waals surface area contributed by atoms with Crippen LogP contribution in [0.4, 0.5) is 4.79 Å². The van der Waals surface area contributed by atoms with E-state index in [4.69, 9.17) is 9.84 Å². The zero-order chi connectivity index (χ0) is 8.69. The van der Waals surface area contributed by atoms with Gasteiger partial charge in [-0.15, -0.1) is 0 Å². The van der Waals surface area contributed by atoms with E-state index in [1.54, 1.807) is 0 Å². The van der Waals surface area contributed by atoms with Gasteiger partial charge in [-0.1, -0.05) is 6.58 Å². The summed E-state index contributed by atoms with van der Waals surface area (Å²) in [5.41, 5.74) is 0. The lowest BCUT2D eigenvalue weighted by atomic mass is 10.4. The standard InChI is InChI=1S/C7H13NO3/c1-3-11-6-4-5-8(2)7(9)10/h3H,1,4-6H2,2H3,(H,9,10). The van der Waals surface area contributed by atoms with E-state index >= 15 is 0 Å². The number of hydrogen-bond acceptors (Lipinski definition) is 2. The van der Waals surface area contributed by atoms with Crippen LogP contribution in [-0.2, 0) is 4.74 Å². The second-order valence-corrected chi connectivity index (χ2v) is 2.10. The Labute approximate surface area is 66.1 Å². The second-order valence-electron chi connectivity index (χ2n) is 2.10. The summed E-state index contributed by atoms with van der Waals surface area (Å²) in [6, 6.07) is 0. The second kappa shape index (κ2) is 5.58. The molecule has 0 fully saturated rings. The monoisotopic (exact) mass is 159 g/mol. The molecular formula is C7H13NO3. The van der Waals surface area contributed by atoms with Crippen LogP contribution >= 0.6 is 0 Å². The summed E-state index contributed by atoms with van der Waals surface area (Å²) in [5, 5.41) is 8.40. The average molecular weight is 159 g/mol. The van der Waals surface area contributed by atoms with Crippen molar-refractivity contribution in [1.29, 1.82) is 0 Å². The molecule has 4 heteroatoms. The predicted octanol–water partition coefficient (Wildman–Crippen LogP) is 1.15. The third-order valence-corrected chi connectivity index (χ3v) is 1.20. The highest BCUT2D eigenvalue weighted by atomic mass is 16.5. The molecule has 0 aliphatic carbocycles. The van der Waals surface area contributed by atoms with E-state index in [0.717, 1.165) is 0 Å². The topological polar surface area (TPSA) is 49.8 Å². The van der Waals surface area contributed by atoms with Crippen molar-refractivity contribution in [2.24, 2.45) is 0 Å². The number of carboxylic acid groups (broad SMARTS) is 1. The molecule has 0 aromatic rings. The van der Waals surface area contributed by atoms with Crippen LogP contribution < -0.4 is 0 Å². The molecule has 0 unspecified atom stereocenters. The van der Waals surface area contributed by atoms with Crippen LogP contribution in [0.1, 0.15) is 6.42 Å². The van der Waals surface area contributed by atoms with Crippen molar-refractivity contribution in [3.05, 3.63) is 12.8 Å². The highest BCUT2D eigenvalue weighted by Gasteiger charge is 2.02. The minimum absolute atomic E-state index is 0.489. The third-order valence-electron chi connectivity index (χ3n) is 1.20. The van der Waals surface area contributed by atoms with Crippen molar-refractivity contribution in [3.63, 3.8) is 0 Å². The molecule has 64 valence electrons. The van der Waals surface area contributed by atoms with Crippen molar-refractivity contribution in [3.8, 4) is 0 Å². The third kappa shape index (κ3) is 5.26. The number of hydrogen-bond donors (Lipinski definition) is 1. The Hall–Kier alpha value is -1.19. The molecule has 0 rings (SSSR count). The largest absolute Gasteiger partial charge is 0.502 e. The van der Waals surface area contributed by atoms with Crippen LogP contribution in [0.15, 0.2) is 12.8 Å². The quantitative estimate of drug-likeness (QED) is 0.483. The zero-order valence-electron chi connectivity index (χ0n) is 6.62. The molecule has 0 aliphatic rings. The molecule has 0 spiro atoms. The van der Waals surface area contributed by atoms with Gasteiger partial charge in [0.05, 0.1) is 12.9 Å². The van der Waals surface area contributed by atoms with Gasteiger partial charge in [-0.2, -0.15) is 0 Å². The van der Waals surface area contributed by atoms with Gasteiger partial charge < -0.3 is 14.7 Å². The predicted molar refractivity (Wildman–Crippen MR) is 41.4 cm³/mol. The molecule has 0 aromatic heterocycles. The smallest absolute Gasteiger partial charge is 0.407 e. The molecule has 0 heterocycles. The van der Waals surface area contributed by atoms with E-state index in [0.29, 0.717) is 19.6 Å². The van der Waals surface area contributed by atoms with Crippen LogP contribution in [0.2, 0.25) is 0 Å². The Kier molecular flexibility index (Phi) is 4.98. The first-order valence-corrected chi connectivity index (χ1v) is 3.35. The Morgan fingerprint density at radius 3 is 2.91 bits per heavy atom. The lowest BCUT2D eigenvalue weighted by Gasteiger charge is -2.11. The summed E-state index contributed by atoms with van der Waals surface area (Å²) >= 11 is 0. The van der Waals surface area contributed by atoms with Crippen molar-refractivity contribution < 1.29 is 14.6 Å². The van der Waals surface area contributed by atoms with Gasteiger partial charge in [0.25, 0.3) is 0 Å². The minimum atomic E-state index is -0.913. The molecule has 4 nitrogen and oxygen atoms in total. The first kappa shape index (κ1) is 9.81. The fourth-order valence-electron chi connectivity index (χ4n) is 0.564. The lowest BCUT2D eigenvalue weighted by molar-refractivity contribution is 0.150. The molecule has 1 N–H and O–H groups in total. The molecule has 11 heavy (non-hydrogen) atoms. The van der Waals surface area contributed by atoms with E-state index < -0.39 is 6.09 Å². The van der Waals surface area contributed by atoms with Gasteiger partial charge >= 0.3 is 6.09 Å². The van der Waals surface area contributed by atoms with Crippen molar-refractivity contribution in [2.75, 3.05) is 20.2 Å². The lowest BCUT2D eigenvalue weighted by Crippen LogP contribution is -2.26. The fourth-order valence-corrected chi connectivity index (χ4v) is 0.564. The number of carbonyl (C=O) groups is 1. The molecular weight excluding hydrogens is 146 g/mol. The van der Waals surface area contributed by atoms with Crippen molar-refractivity contribution in [2.45, 2.75) is 6.42 Å². The molecule has 0 aliphatic heterocycles. The molecule has 1 amide bonds. The Morgan fingerprint density at radius 2 is 2.45 bits per heavy atom. The van der Waals surface area contributed by atoms with E-state index in [-0.39, 0.29) is 0 Å². The van der Waals surface area contributed by atoms with Crippen LogP contribution in [0, 0.1) is 0 Å². The molecule has 0 radical (unpaired) electrons. The van der Waals surface area contributed by atoms with Crippen LogP contribution in [0.25, 0.3) is 0 Å². The summed E-state index contributed by atoms with van der Waals surface area (Å²) in [6.07, 6.45) is 1.12. The van der Waals surface area contributed by atoms with E-state index in [1.165, 1.54) is 18.2 Å². The molecule has 0 bridgehead atoms. The van der Waals surface area contributed by atoms with Crippen LogP contribution in [0.5, 0.6) is 0 Å². The van der Waals surface area contributed by atoms with Gasteiger partial charge in [0.15, 0.2) is 0 Å². The number of rotatable bonds is 5. The van der Waals surface area contributed by atoms with Crippen molar-refractivity contribution >= 4 is 6.09 Å². The van der Waals surface area contributed by atoms with Gasteiger partial charge in [-0.05, 0) is 6.42 Å². The molecule has 0 aromatic carbocycles. The van der Waals surface area contributed by atoms with Gasteiger partial charge in [0.1, 0.15) is 0 Å². The first-order valence-electron chi connectivity index (χ1n) is 3.35. The first-order chi connectivity index (χ1) is 5.18. The van der Waals surface area contributed by atoms with Crippen LogP contribution in [0.3, 0.4) is 0 Å². The molecule has 0 saturated heterocycles. The zero-order valence-corrected chi connectivity index (χ0v) is 6.62. The summed E-state index contributed by atoms with van der Waals surface area (Å²) in [6.45, 7) is 4.36. The minimum Gasteiger partial charge on any atom is -0.502 e. The maximum absolute atomic E-state index is 10.2. The number of amides is 1. The maximum atomic E-state index is 10.2. The fraction of sp³-hybridized carbons (Fsp3) is 0.571. The van der Waals surface area contributed by atoms with Gasteiger partial charge in [0, 0.05) is 13.6 Å². The highest BCUT2D eigenvalue weighted by Crippen LogP contribution is 1.88. The summed E-state index contributed by atoms with van der Waals surface area (Å²) in [7, 11) is 1.52. The van der Waals surface area contributed by atoms with Gasteiger partial charge in [0.2, 0.25) is 0 Å². The summed E-state index contributed by atoms with van der Waals surface area (Å²) in [4.78, 5) is 11.4. The van der Waals surface area contributed by atoms with E-state index in [1.807, 2.05) is 0 Å². The number of ether oxygens (including phenoxy) is 1. The van der Waals surface area contributed by atoms with Crippen LogP contribution in [-0.4, -0.2) is 36.3 Å². The number of nitrogens with zero attached hydrogens (tertiary/aromatic N) is 1. The highest BCUT2D eigenvalue weighted by molar-refractivity contribution is 5.64. The molecule has 0 saturated carbocycles. The Bertz CT molecular complexity index is 136. The van der Waals surface area contributed by atoms with Gasteiger partial charge in [-0.25, -0.2) is 4.79 Å². The van der Waals surface area contributed by atoms with E-state index in [2.05, 4.69) is 6.58 Å². The SMILES string of the molecule is C=COCCCN(C)C(=O)O. The van der Waals surface area contributed by atoms with Gasteiger partial charge in [-0.3, -0.25) is 0 Å². The van der Waals surface area contributed by atoms with E-state index in [9.17, 15) is 4.79 Å². The Balaban J connectivity index is 3.24. The Morgan fingerprint density at radius 1 is 1.82 bits per heavy atom. The molecule has 0 atom stereocenters. The summed E-state index contributed by atoms with van der Waals surface area (Å²) < 4.78 is 4.81. The average Bonchev–Trinajstić information content (AvgIpc) is 1.97. The van der Waals surface area contributed by atoms with Crippen molar-refractivity contribution in [1.82, 2.24) is 4.90 Å². The normalized spacial score (nSPS) is 8.82. The maximum Gasteiger partial charge on any atom is 0.407 e. The summed E-state index contributed by atoms with van der Waals surface area (Å²) in [5.74, 6) is 0.